The molecule has 0 aliphatic rings. The number of aromatic amines is 1. The third-order valence-electron chi connectivity index (χ3n) is 7.62. The molecule has 0 fully saturated rings. The van der Waals surface area contributed by atoms with Gasteiger partial charge in [0.15, 0.2) is 0 Å². The summed E-state index contributed by atoms with van der Waals surface area (Å²) in [7, 11) is 0. The Morgan fingerprint density at radius 1 is 0.816 bits per heavy atom. The quantitative estimate of drug-likeness (QED) is 0.0508. The van der Waals surface area contributed by atoms with Crippen LogP contribution in [0.1, 0.15) is 80.2 Å². The van der Waals surface area contributed by atoms with E-state index in [0.29, 0.717) is 6.42 Å². The molecular formula is C34H54N8O7. The molecule has 49 heavy (non-hydrogen) atoms. The van der Waals surface area contributed by atoms with Crippen LogP contribution >= 0.6 is 0 Å². The Kier molecular flexibility index (Phi) is 15.2. The predicted molar refractivity (Wildman–Crippen MR) is 185 cm³/mol. The van der Waals surface area contributed by atoms with Gasteiger partial charge in [0.1, 0.15) is 29.8 Å². The second-order valence-corrected chi connectivity index (χ2v) is 14.0. The predicted octanol–water partition coefficient (Wildman–Crippen LogP) is 0.811. The molecule has 10 N–H and O–H groups in total. The van der Waals surface area contributed by atoms with Crippen LogP contribution in [0.25, 0.3) is 10.9 Å². The number of nitrogens with one attached hydrogen (secondary N) is 6. The van der Waals surface area contributed by atoms with Gasteiger partial charge in [0.25, 0.3) is 5.91 Å². The van der Waals surface area contributed by atoms with Crippen molar-refractivity contribution in [3.05, 3.63) is 36.0 Å². The molecule has 15 nitrogen and oxygen atoms in total. The molecule has 0 saturated heterocycles. The van der Waals surface area contributed by atoms with E-state index in [1.165, 1.54) is 6.92 Å². The average molecular weight is 687 g/mol. The van der Waals surface area contributed by atoms with Crippen molar-refractivity contribution in [2.75, 3.05) is 0 Å². The number of carbonyl (C=O) groups is 6. The maximum Gasteiger partial charge on any atom is 0.306 e. The van der Waals surface area contributed by atoms with Crippen molar-refractivity contribution in [2.24, 2.45) is 23.4 Å². The Hall–Kier alpha value is -4.50. The first kappa shape index (κ1) is 40.7. The first-order valence-corrected chi connectivity index (χ1v) is 16.6. The first-order valence-electron chi connectivity index (χ1n) is 16.6. The third kappa shape index (κ3) is 13.1. The minimum Gasteiger partial charge on any atom is -0.460 e. The zero-order valence-corrected chi connectivity index (χ0v) is 29.8. The van der Waals surface area contributed by atoms with Crippen LogP contribution in [0.5, 0.6) is 0 Å². The number of aromatic nitrogens is 1. The van der Waals surface area contributed by atoms with Crippen molar-refractivity contribution < 1.29 is 33.5 Å². The Morgan fingerprint density at radius 3 is 2.04 bits per heavy atom. The first-order chi connectivity index (χ1) is 22.8. The fraction of sp³-hybridized carbons (Fsp3) is 0.588. The molecule has 5 amide bonds. The number of amides is 5. The SMILES string of the molecule is CC(C)C[C@H](NC(=O)[C@H](NC(=O)[C@H](C)NC(=O)[C@@H](CCC(=O)OC(C)(C)C)NC(=O)[C@@H](N)Cc1c[nH]c2ccccc12)C(C)C)C(=O)NN. The number of esters is 1. The van der Waals surface area contributed by atoms with Gasteiger partial charge in [-0.05, 0) is 70.4 Å². The molecule has 1 heterocycles. The van der Waals surface area contributed by atoms with Crippen LogP contribution in [0.2, 0.25) is 0 Å². The fourth-order valence-corrected chi connectivity index (χ4v) is 5.09. The topological polar surface area (TPSA) is 240 Å². The summed E-state index contributed by atoms with van der Waals surface area (Å²) >= 11 is 0. The molecule has 0 saturated carbocycles. The summed E-state index contributed by atoms with van der Waals surface area (Å²) in [6.07, 6.45) is 1.95. The van der Waals surface area contributed by atoms with Gasteiger partial charge in [-0.15, -0.1) is 0 Å². The molecule has 1 aromatic heterocycles. The maximum absolute atomic E-state index is 13.5. The van der Waals surface area contributed by atoms with Crippen molar-refractivity contribution in [3.63, 3.8) is 0 Å². The number of H-pyrrole nitrogens is 1. The summed E-state index contributed by atoms with van der Waals surface area (Å²) < 4.78 is 5.36. The number of para-hydroxylation sites is 1. The van der Waals surface area contributed by atoms with Crippen LogP contribution in [0.15, 0.2) is 30.5 Å². The van der Waals surface area contributed by atoms with Crippen molar-refractivity contribution in [2.45, 2.75) is 117 Å². The number of hydrazine groups is 1. The van der Waals surface area contributed by atoms with Gasteiger partial charge in [-0.2, -0.15) is 0 Å². The number of nitrogens with two attached hydrogens (primary N) is 2. The van der Waals surface area contributed by atoms with Gasteiger partial charge < -0.3 is 36.7 Å². The second-order valence-electron chi connectivity index (χ2n) is 14.0. The highest BCUT2D eigenvalue weighted by atomic mass is 16.6. The minimum absolute atomic E-state index is 0.0664. The number of fused-ring (bicyclic) bond motifs is 1. The number of ether oxygens (including phenoxy) is 1. The Bertz CT molecular complexity index is 1470. The van der Waals surface area contributed by atoms with E-state index in [9.17, 15) is 28.8 Å². The molecule has 2 aromatic rings. The van der Waals surface area contributed by atoms with E-state index < -0.39 is 71.3 Å². The van der Waals surface area contributed by atoms with Crippen molar-refractivity contribution in [3.8, 4) is 0 Å². The molecular weight excluding hydrogens is 632 g/mol. The molecule has 0 aliphatic heterocycles. The number of rotatable bonds is 17. The van der Waals surface area contributed by atoms with E-state index in [4.69, 9.17) is 16.3 Å². The lowest BCUT2D eigenvalue weighted by Crippen LogP contribution is -2.59. The Balaban J connectivity index is 2.15. The highest BCUT2D eigenvalue weighted by Crippen LogP contribution is 2.19. The molecule has 0 unspecified atom stereocenters. The lowest BCUT2D eigenvalue weighted by Gasteiger charge is -2.27. The van der Waals surface area contributed by atoms with E-state index >= 15 is 0 Å². The van der Waals surface area contributed by atoms with E-state index in [1.54, 1.807) is 40.8 Å². The zero-order chi connectivity index (χ0) is 37.1. The van der Waals surface area contributed by atoms with Crippen molar-refractivity contribution in [1.82, 2.24) is 31.7 Å². The van der Waals surface area contributed by atoms with Crippen LogP contribution < -0.4 is 38.3 Å². The molecule has 0 bridgehead atoms. The van der Waals surface area contributed by atoms with E-state index in [2.05, 4.69) is 26.3 Å². The normalized spacial score (nSPS) is 14.7. The molecule has 272 valence electrons. The third-order valence-corrected chi connectivity index (χ3v) is 7.62. The molecule has 15 heteroatoms. The van der Waals surface area contributed by atoms with Gasteiger partial charge in [-0.25, -0.2) is 5.84 Å². The van der Waals surface area contributed by atoms with Gasteiger partial charge in [0, 0.05) is 23.5 Å². The molecule has 2 rings (SSSR count). The molecule has 0 spiro atoms. The highest BCUT2D eigenvalue weighted by Gasteiger charge is 2.32. The molecule has 0 aliphatic carbocycles. The van der Waals surface area contributed by atoms with Gasteiger partial charge >= 0.3 is 5.97 Å². The van der Waals surface area contributed by atoms with Crippen molar-refractivity contribution >= 4 is 46.4 Å². The van der Waals surface area contributed by atoms with E-state index in [-0.39, 0.29) is 31.1 Å². The largest absolute Gasteiger partial charge is 0.460 e. The number of benzene rings is 1. The van der Waals surface area contributed by atoms with Gasteiger partial charge in [0.05, 0.1) is 6.04 Å². The zero-order valence-electron chi connectivity index (χ0n) is 29.8. The lowest BCUT2D eigenvalue weighted by atomic mass is 9.99. The summed E-state index contributed by atoms with van der Waals surface area (Å²) in [4.78, 5) is 81.0. The molecule has 5 atom stereocenters. The average Bonchev–Trinajstić information content (AvgIpc) is 3.41. The van der Waals surface area contributed by atoms with E-state index in [0.717, 1.165) is 16.5 Å². The van der Waals surface area contributed by atoms with Crippen molar-refractivity contribution in [1.29, 1.82) is 0 Å². The van der Waals surface area contributed by atoms with Crippen LogP contribution in [0.3, 0.4) is 0 Å². The highest BCUT2D eigenvalue weighted by molar-refractivity contribution is 5.96. The molecule has 0 radical (unpaired) electrons. The van der Waals surface area contributed by atoms with Crippen LogP contribution in [0, 0.1) is 11.8 Å². The molecule has 1 aromatic carbocycles. The standard InChI is InChI=1S/C34H54N8O7/c1-18(2)15-26(32(47)42-36)40-33(48)28(19(3)4)41-29(44)20(5)38-31(46)25(13-14-27(43)49-34(6,7)8)39-30(45)23(35)16-21-17-37-24-12-10-9-11-22(21)24/h9-12,17-20,23,25-26,28,37H,13-16,35-36H2,1-8H3,(H,38,46)(H,39,45)(H,40,48)(H,41,44)(H,42,47)/t20-,23-,25+,26-,28+/m0/s1. The summed E-state index contributed by atoms with van der Waals surface area (Å²) in [6.45, 7) is 13.8. The summed E-state index contributed by atoms with van der Waals surface area (Å²) in [6, 6.07) is 2.20. The fourth-order valence-electron chi connectivity index (χ4n) is 5.09. The van der Waals surface area contributed by atoms with Gasteiger partial charge in [0.2, 0.25) is 23.6 Å². The lowest BCUT2D eigenvalue weighted by molar-refractivity contribution is -0.155. The monoisotopic (exact) mass is 686 g/mol. The summed E-state index contributed by atoms with van der Waals surface area (Å²) in [5, 5.41) is 11.4. The van der Waals surface area contributed by atoms with Gasteiger partial charge in [-0.3, -0.25) is 34.2 Å². The smallest absolute Gasteiger partial charge is 0.306 e. The number of hydrogen-bond acceptors (Lipinski definition) is 9. The summed E-state index contributed by atoms with van der Waals surface area (Å²) in [5.74, 6) is 1.20. The van der Waals surface area contributed by atoms with Crippen LogP contribution in [-0.4, -0.2) is 76.3 Å². The number of carbonyl (C=O) groups excluding carboxylic acids is 6. The Morgan fingerprint density at radius 2 is 1.45 bits per heavy atom. The van der Waals surface area contributed by atoms with Crippen LogP contribution in [-0.2, 0) is 39.9 Å². The second kappa shape index (κ2) is 18.3. The summed E-state index contributed by atoms with van der Waals surface area (Å²) in [5.41, 5.74) is 9.25. The van der Waals surface area contributed by atoms with Gasteiger partial charge in [-0.1, -0.05) is 45.9 Å². The van der Waals surface area contributed by atoms with Crippen LogP contribution in [0.4, 0.5) is 0 Å². The number of hydrogen-bond donors (Lipinski definition) is 8. The van der Waals surface area contributed by atoms with E-state index in [1.807, 2.05) is 43.5 Å². The Labute approximate surface area is 287 Å². The minimum atomic E-state index is -1.24. The maximum atomic E-state index is 13.5.